The lowest BCUT2D eigenvalue weighted by Crippen LogP contribution is -2.02. The molecule has 25 heavy (non-hydrogen) atoms. The van der Waals surface area contributed by atoms with Crippen molar-refractivity contribution >= 4 is 16.8 Å². The van der Waals surface area contributed by atoms with Crippen LogP contribution < -0.4 is 0 Å². The molecule has 0 saturated carbocycles. The zero-order valence-corrected chi connectivity index (χ0v) is 13.7. The summed E-state index contributed by atoms with van der Waals surface area (Å²) < 4.78 is 6.02. The van der Waals surface area contributed by atoms with Crippen LogP contribution in [0.5, 0.6) is 5.75 Å². The first kappa shape index (κ1) is 15.2. The molecule has 0 unspecified atom stereocenters. The number of carbonyl (C=O) groups is 1. The number of aryl methyl sites for hydroxylation is 1. The second-order valence-corrected chi connectivity index (χ2v) is 6.04. The van der Waals surface area contributed by atoms with Crippen LogP contribution in [0.15, 0.2) is 77.2 Å². The fourth-order valence-corrected chi connectivity index (χ4v) is 2.94. The van der Waals surface area contributed by atoms with Crippen LogP contribution in [0.3, 0.4) is 0 Å². The minimum Gasteiger partial charge on any atom is -0.508 e. The lowest BCUT2D eigenvalue weighted by Gasteiger charge is -2.04. The van der Waals surface area contributed by atoms with Crippen LogP contribution >= 0.6 is 0 Å². The third-order valence-electron chi connectivity index (χ3n) is 4.27. The Morgan fingerprint density at radius 2 is 1.56 bits per heavy atom. The molecule has 0 aliphatic carbocycles. The molecule has 1 heterocycles. The normalized spacial score (nSPS) is 10.9. The Morgan fingerprint density at radius 1 is 0.880 bits per heavy atom. The average molecular weight is 328 g/mol. The van der Waals surface area contributed by atoms with E-state index in [1.807, 2.05) is 55.5 Å². The standard InChI is InChI=1S/C22H16O3/c1-14-6-8-16(9-7-14)22-20(18-4-2-3-5-19(18)25-22)21(24)15-10-12-17(23)13-11-15/h2-13,23H,1H3. The van der Waals surface area contributed by atoms with Gasteiger partial charge in [0.2, 0.25) is 0 Å². The molecule has 0 saturated heterocycles. The van der Waals surface area contributed by atoms with Crippen molar-refractivity contribution in [2.75, 3.05) is 0 Å². The van der Waals surface area contributed by atoms with Crippen molar-refractivity contribution in [2.45, 2.75) is 6.92 Å². The van der Waals surface area contributed by atoms with E-state index in [-0.39, 0.29) is 11.5 Å². The summed E-state index contributed by atoms with van der Waals surface area (Å²) in [5, 5.41) is 10.3. The van der Waals surface area contributed by atoms with E-state index in [4.69, 9.17) is 4.42 Å². The molecule has 0 radical (unpaired) electrons. The van der Waals surface area contributed by atoms with E-state index < -0.39 is 0 Å². The maximum atomic E-state index is 13.2. The Labute approximate surface area is 145 Å². The highest BCUT2D eigenvalue weighted by Crippen LogP contribution is 2.35. The molecule has 0 fully saturated rings. The summed E-state index contributed by atoms with van der Waals surface area (Å²) in [6.07, 6.45) is 0. The summed E-state index contributed by atoms with van der Waals surface area (Å²) in [6.45, 7) is 2.02. The fraction of sp³-hybridized carbons (Fsp3) is 0.0455. The third-order valence-corrected chi connectivity index (χ3v) is 4.27. The maximum absolute atomic E-state index is 13.2. The quantitative estimate of drug-likeness (QED) is 0.516. The Hall–Kier alpha value is -3.33. The summed E-state index contributed by atoms with van der Waals surface area (Å²) in [7, 11) is 0. The highest BCUT2D eigenvalue weighted by Gasteiger charge is 2.22. The topological polar surface area (TPSA) is 50.4 Å². The largest absolute Gasteiger partial charge is 0.508 e. The molecular formula is C22H16O3. The smallest absolute Gasteiger partial charge is 0.197 e. The van der Waals surface area contributed by atoms with Crippen molar-refractivity contribution in [3.63, 3.8) is 0 Å². The van der Waals surface area contributed by atoms with Crippen LogP contribution in [0.2, 0.25) is 0 Å². The molecule has 0 aliphatic rings. The molecule has 3 heteroatoms. The van der Waals surface area contributed by atoms with Crippen LogP contribution in [0.25, 0.3) is 22.3 Å². The first-order chi connectivity index (χ1) is 12.1. The molecule has 1 aromatic heterocycles. The fourth-order valence-electron chi connectivity index (χ4n) is 2.94. The van der Waals surface area contributed by atoms with Gasteiger partial charge in [-0.1, -0.05) is 48.0 Å². The van der Waals surface area contributed by atoms with Crippen LogP contribution in [0, 0.1) is 6.92 Å². The number of fused-ring (bicyclic) bond motifs is 1. The summed E-state index contributed by atoms with van der Waals surface area (Å²) in [6, 6.07) is 21.7. The van der Waals surface area contributed by atoms with Gasteiger partial charge in [0.15, 0.2) is 5.78 Å². The molecule has 0 bridgehead atoms. The number of aromatic hydroxyl groups is 1. The Bertz CT molecular complexity index is 1050. The van der Waals surface area contributed by atoms with Crippen LogP contribution in [-0.2, 0) is 0 Å². The van der Waals surface area contributed by atoms with E-state index in [9.17, 15) is 9.90 Å². The predicted octanol–water partition coefficient (Wildman–Crippen LogP) is 5.34. The predicted molar refractivity (Wildman–Crippen MR) is 97.9 cm³/mol. The van der Waals surface area contributed by atoms with Crippen molar-refractivity contribution in [1.29, 1.82) is 0 Å². The molecule has 4 aromatic rings. The van der Waals surface area contributed by atoms with Gasteiger partial charge in [0.05, 0.1) is 5.56 Å². The number of phenolic OH excluding ortho intramolecular Hbond substituents is 1. The minimum atomic E-state index is -0.125. The molecule has 3 aromatic carbocycles. The van der Waals surface area contributed by atoms with Crippen molar-refractivity contribution in [3.8, 4) is 17.1 Å². The number of carbonyl (C=O) groups excluding carboxylic acids is 1. The first-order valence-corrected chi connectivity index (χ1v) is 8.06. The number of furan rings is 1. The molecule has 0 atom stereocenters. The van der Waals surface area contributed by atoms with E-state index in [0.717, 1.165) is 16.5 Å². The van der Waals surface area contributed by atoms with Crippen LogP contribution in [0.4, 0.5) is 0 Å². The maximum Gasteiger partial charge on any atom is 0.197 e. The third kappa shape index (κ3) is 2.70. The Morgan fingerprint density at radius 3 is 2.28 bits per heavy atom. The van der Waals surface area contributed by atoms with Crippen molar-refractivity contribution in [1.82, 2.24) is 0 Å². The number of ketones is 1. The van der Waals surface area contributed by atoms with Crippen molar-refractivity contribution < 1.29 is 14.3 Å². The van der Waals surface area contributed by atoms with Crippen molar-refractivity contribution in [2.24, 2.45) is 0 Å². The zero-order chi connectivity index (χ0) is 17.4. The highest BCUT2D eigenvalue weighted by molar-refractivity contribution is 6.19. The van der Waals surface area contributed by atoms with Gasteiger partial charge in [-0.3, -0.25) is 4.79 Å². The number of para-hydroxylation sites is 1. The van der Waals surface area contributed by atoms with Gasteiger partial charge in [-0.25, -0.2) is 0 Å². The van der Waals surface area contributed by atoms with E-state index in [2.05, 4.69) is 0 Å². The van der Waals surface area contributed by atoms with Gasteiger partial charge >= 0.3 is 0 Å². The SMILES string of the molecule is Cc1ccc(-c2oc3ccccc3c2C(=O)c2ccc(O)cc2)cc1. The Kier molecular flexibility index (Phi) is 3.62. The second-order valence-electron chi connectivity index (χ2n) is 6.04. The molecular weight excluding hydrogens is 312 g/mol. The molecule has 4 rings (SSSR count). The van der Waals surface area contributed by atoms with Gasteiger partial charge in [-0.2, -0.15) is 0 Å². The number of hydrogen-bond acceptors (Lipinski definition) is 3. The van der Waals surface area contributed by atoms with Gasteiger partial charge in [0.1, 0.15) is 17.1 Å². The van der Waals surface area contributed by atoms with Gasteiger partial charge in [-0.05, 0) is 37.3 Å². The lowest BCUT2D eigenvalue weighted by molar-refractivity contribution is 0.104. The summed E-state index contributed by atoms with van der Waals surface area (Å²) >= 11 is 0. The van der Waals surface area contributed by atoms with Gasteiger partial charge in [0.25, 0.3) is 0 Å². The van der Waals surface area contributed by atoms with Crippen molar-refractivity contribution in [3.05, 3.63) is 89.5 Å². The number of hydrogen-bond donors (Lipinski definition) is 1. The van der Waals surface area contributed by atoms with E-state index in [1.165, 1.54) is 12.1 Å². The average Bonchev–Trinajstić information content (AvgIpc) is 3.02. The molecule has 0 aliphatic heterocycles. The highest BCUT2D eigenvalue weighted by atomic mass is 16.3. The molecule has 1 N–H and O–H groups in total. The summed E-state index contributed by atoms with van der Waals surface area (Å²) in [5.41, 5.74) is 3.75. The lowest BCUT2D eigenvalue weighted by atomic mass is 9.97. The molecule has 3 nitrogen and oxygen atoms in total. The first-order valence-electron chi connectivity index (χ1n) is 8.06. The van der Waals surface area contributed by atoms with Crippen LogP contribution in [-0.4, -0.2) is 10.9 Å². The number of rotatable bonds is 3. The summed E-state index contributed by atoms with van der Waals surface area (Å²) in [4.78, 5) is 13.2. The van der Waals surface area contributed by atoms with Crippen LogP contribution in [0.1, 0.15) is 21.5 Å². The molecule has 122 valence electrons. The number of phenols is 1. The zero-order valence-electron chi connectivity index (χ0n) is 13.7. The number of benzene rings is 3. The van der Waals surface area contributed by atoms with Gasteiger partial charge in [-0.15, -0.1) is 0 Å². The van der Waals surface area contributed by atoms with E-state index in [0.29, 0.717) is 22.5 Å². The van der Waals surface area contributed by atoms with Gasteiger partial charge < -0.3 is 9.52 Å². The monoisotopic (exact) mass is 328 g/mol. The van der Waals surface area contributed by atoms with E-state index >= 15 is 0 Å². The minimum absolute atomic E-state index is 0.125. The second kappa shape index (κ2) is 5.95. The van der Waals surface area contributed by atoms with E-state index in [1.54, 1.807) is 12.1 Å². The summed E-state index contributed by atoms with van der Waals surface area (Å²) in [5.74, 6) is 0.576. The molecule has 0 spiro atoms. The van der Waals surface area contributed by atoms with Gasteiger partial charge in [0, 0.05) is 16.5 Å². The Balaban J connectivity index is 1.94. The molecule has 0 amide bonds.